The molecule has 170 valence electrons. The highest BCUT2D eigenvalue weighted by molar-refractivity contribution is 5.99. The second kappa shape index (κ2) is 9.90. The molecule has 33 heavy (non-hydrogen) atoms. The van der Waals surface area contributed by atoms with E-state index in [1.165, 1.54) is 0 Å². The van der Waals surface area contributed by atoms with E-state index in [9.17, 15) is 9.59 Å². The van der Waals surface area contributed by atoms with Gasteiger partial charge in [-0.25, -0.2) is 9.97 Å². The van der Waals surface area contributed by atoms with Crippen LogP contribution in [0.5, 0.6) is 0 Å². The smallest absolute Gasteiger partial charge is 0.258 e. The average molecular weight is 444 g/mol. The summed E-state index contributed by atoms with van der Waals surface area (Å²) < 4.78 is 0. The number of amides is 2. The highest BCUT2D eigenvalue weighted by atomic mass is 16.2. The third kappa shape index (κ3) is 4.77. The Labute approximate surface area is 194 Å². The molecule has 1 aliphatic rings. The van der Waals surface area contributed by atoms with E-state index in [1.807, 2.05) is 54.4 Å². The summed E-state index contributed by atoms with van der Waals surface area (Å²) in [4.78, 5) is 43.5. The zero-order chi connectivity index (χ0) is 23.4. The van der Waals surface area contributed by atoms with E-state index in [4.69, 9.17) is 0 Å². The molecule has 2 amide bonds. The Hall–Kier alpha value is -3.61. The molecule has 7 heteroatoms. The molecule has 1 unspecified atom stereocenters. The molecule has 1 atom stereocenters. The van der Waals surface area contributed by atoms with Gasteiger partial charge in [-0.3, -0.25) is 14.6 Å². The van der Waals surface area contributed by atoms with Crippen molar-refractivity contribution in [3.8, 4) is 11.1 Å². The van der Waals surface area contributed by atoms with Gasteiger partial charge >= 0.3 is 0 Å². The fourth-order valence-electron chi connectivity index (χ4n) is 4.43. The fourth-order valence-corrected chi connectivity index (χ4v) is 4.43. The van der Waals surface area contributed by atoms with Crippen molar-refractivity contribution < 1.29 is 9.59 Å². The molecule has 0 saturated carbocycles. The Morgan fingerprint density at radius 2 is 1.91 bits per heavy atom. The SMILES string of the molecule is CCCN1CCN(C(=O)c2cnc(C)nc2C)C(Cc2ccccc2-c2cccnc2)C1=O. The lowest BCUT2D eigenvalue weighted by atomic mass is 9.93. The van der Waals surface area contributed by atoms with Crippen LogP contribution in [0.1, 0.15) is 40.8 Å². The van der Waals surface area contributed by atoms with Crippen LogP contribution in [0.3, 0.4) is 0 Å². The van der Waals surface area contributed by atoms with Gasteiger partial charge in [0.05, 0.1) is 11.3 Å². The maximum atomic E-state index is 13.6. The Kier molecular flexibility index (Phi) is 6.77. The monoisotopic (exact) mass is 443 g/mol. The van der Waals surface area contributed by atoms with Crippen molar-refractivity contribution in [2.45, 2.75) is 39.7 Å². The maximum absolute atomic E-state index is 13.6. The molecular weight excluding hydrogens is 414 g/mol. The van der Waals surface area contributed by atoms with E-state index in [1.54, 1.807) is 24.2 Å². The molecule has 1 aliphatic heterocycles. The first-order valence-corrected chi connectivity index (χ1v) is 11.4. The summed E-state index contributed by atoms with van der Waals surface area (Å²) in [5.74, 6) is 0.416. The number of carbonyl (C=O) groups is 2. The molecule has 0 aliphatic carbocycles. The van der Waals surface area contributed by atoms with Crippen LogP contribution in [0.25, 0.3) is 11.1 Å². The van der Waals surface area contributed by atoms with Crippen LogP contribution in [0.15, 0.2) is 55.0 Å². The van der Waals surface area contributed by atoms with Crippen LogP contribution in [0, 0.1) is 13.8 Å². The van der Waals surface area contributed by atoms with Gasteiger partial charge in [-0.2, -0.15) is 0 Å². The van der Waals surface area contributed by atoms with Crippen LogP contribution in [0.4, 0.5) is 0 Å². The summed E-state index contributed by atoms with van der Waals surface area (Å²) in [6.45, 7) is 7.37. The van der Waals surface area contributed by atoms with Gasteiger partial charge in [0.25, 0.3) is 5.91 Å². The number of pyridine rings is 1. The molecule has 0 bridgehead atoms. The fraction of sp³-hybridized carbons (Fsp3) is 0.346. The largest absolute Gasteiger partial charge is 0.339 e. The minimum Gasteiger partial charge on any atom is -0.339 e. The minimum absolute atomic E-state index is 0.0110. The van der Waals surface area contributed by atoms with Crippen molar-refractivity contribution in [2.75, 3.05) is 19.6 Å². The first kappa shape index (κ1) is 22.6. The standard InChI is InChI=1S/C26H29N5O2/c1-4-12-30-13-14-31(25(32)23-17-28-19(3)29-18(23)2)24(26(30)33)15-20-8-5-6-10-22(20)21-9-7-11-27-16-21/h5-11,16-17,24H,4,12-15H2,1-3H3. The van der Waals surface area contributed by atoms with Gasteiger partial charge in [0, 0.05) is 50.2 Å². The van der Waals surface area contributed by atoms with E-state index in [2.05, 4.69) is 21.9 Å². The van der Waals surface area contributed by atoms with Crippen molar-refractivity contribution in [1.82, 2.24) is 24.8 Å². The van der Waals surface area contributed by atoms with Gasteiger partial charge in [0.2, 0.25) is 5.91 Å². The zero-order valence-electron chi connectivity index (χ0n) is 19.4. The molecule has 4 rings (SSSR count). The van der Waals surface area contributed by atoms with Crippen molar-refractivity contribution in [2.24, 2.45) is 0 Å². The second-order valence-electron chi connectivity index (χ2n) is 8.36. The van der Waals surface area contributed by atoms with E-state index in [0.717, 1.165) is 23.1 Å². The highest BCUT2D eigenvalue weighted by Gasteiger charge is 2.38. The van der Waals surface area contributed by atoms with Crippen LogP contribution < -0.4 is 0 Å². The number of nitrogens with zero attached hydrogens (tertiary/aromatic N) is 5. The first-order chi connectivity index (χ1) is 16.0. The number of hydrogen-bond acceptors (Lipinski definition) is 5. The Balaban J connectivity index is 1.70. The first-order valence-electron chi connectivity index (χ1n) is 11.4. The summed E-state index contributed by atoms with van der Waals surface area (Å²) in [6, 6.07) is 11.3. The van der Waals surface area contributed by atoms with E-state index in [0.29, 0.717) is 43.1 Å². The van der Waals surface area contributed by atoms with Crippen molar-refractivity contribution in [1.29, 1.82) is 0 Å². The van der Waals surface area contributed by atoms with Crippen molar-refractivity contribution in [3.63, 3.8) is 0 Å². The minimum atomic E-state index is -0.587. The summed E-state index contributed by atoms with van der Waals surface area (Å²) in [5, 5.41) is 0. The summed E-state index contributed by atoms with van der Waals surface area (Å²) in [7, 11) is 0. The number of piperazine rings is 1. The van der Waals surface area contributed by atoms with Crippen LogP contribution >= 0.6 is 0 Å². The molecule has 3 aromatic rings. The lowest BCUT2D eigenvalue weighted by Gasteiger charge is -2.41. The number of rotatable bonds is 6. The van der Waals surface area contributed by atoms with E-state index in [-0.39, 0.29) is 11.8 Å². The number of aromatic nitrogens is 3. The second-order valence-corrected chi connectivity index (χ2v) is 8.36. The molecule has 1 aromatic carbocycles. The molecule has 1 fully saturated rings. The summed E-state index contributed by atoms with van der Waals surface area (Å²) >= 11 is 0. The molecule has 0 spiro atoms. The van der Waals surface area contributed by atoms with Gasteiger partial charge in [-0.1, -0.05) is 37.3 Å². The van der Waals surface area contributed by atoms with Gasteiger partial charge in [-0.15, -0.1) is 0 Å². The van der Waals surface area contributed by atoms with Gasteiger partial charge in [0.15, 0.2) is 0 Å². The van der Waals surface area contributed by atoms with Crippen molar-refractivity contribution in [3.05, 3.63) is 77.6 Å². The van der Waals surface area contributed by atoms with E-state index >= 15 is 0 Å². The molecule has 7 nitrogen and oxygen atoms in total. The summed E-state index contributed by atoms with van der Waals surface area (Å²) in [6.07, 6.45) is 6.45. The maximum Gasteiger partial charge on any atom is 0.258 e. The lowest BCUT2D eigenvalue weighted by molar-refractivity contribution is -0.140. The quantitative estimate of drug-likeness (QED) is 0.583. The molecule has 0 radical (unpaired) electrons. The van der Waals surface area contributed by atoms with Crippen LogP contribution in [-0.2, 0) is 11.2 Å². The van der Waals surface area contributed by atoms with Gasteiger partial charge in [0.1, 0.15) is 11.9 Å². The molecule has 1 saturated heterocycles. The third-order valence-electron chi connectivity index (χ3n) is 6.07. The highest BCUT2D eigenvalue weighted by Crippen LogP contribution is 2.27. The Morgan fingerprint density at radius 1 is 1.09 bits per heavy atom. The average Bonchev–Trinajstić information content (AvgIpc) is 2.82. The van der Waals surface area contributed by atoms with Gasteiger partial charge < -0.3 is 9.80 Å². The molecule has 0 N–H and O–H groups in total. The predicted octanol–water partition coefficient (Wildman–Crippen LogP) is 3.46. The van der Waals surface area contributed by atoms with E-state index < -0.39 is 6.04 Å². The third-order valence-corrected chi connectivity index (χ3v) is 6.07. The molecule has 2 aromatic heterocycles. The number of aryl methyl sites for hydroxylation is 2. The Bertz CT molecular complexity index is 1150. The van der Waals surface area contributed by atoms with Gasteiger partial charge in [-0.05, 0) is 37.5 Å². The lowest BCUT2D eigenvalue weighted by Crippen LogP contribution is -2.59. The predicted molar refractivity (Wildman–Crippen MR) is 127 cm³/mol. The van der Waals surface area contributed by atoms with Crippen LogP contribution in [0.2, 0.25) is 0 Å². The van der Waals surface area contributed by atoms with Crippen LogP contribution in [-0.4, -0.2) is 62.2 Å². The normalized spacial score (nSPS) is 16.2. The number of hydrogen-bond donors (Lipinski definition) is 0. The molecule has 3 heterocycles. The zero-order valence-corrected chi connectivity index (χ0v) is 19.4. The Morgan fingerprint density at radius 3 is 2.64 bits per heavy atom. The van der Waals surface area contributed by atoms with Crippen molar-refractivity contribution >= 4 is 11.8 Å². The summed E-state index contributed by atoms with van der Waals surface area (Å²) in [5.41, 5.74) is 4.10. The number of carbonyl (C=O) groups excluding carboxylic acids is 2. The number of benzene rings is 1. The topological polar surface area (TPSA) is 79.3 Å². The molecular formula is C26H29N5O2.